The van der Waals surface area contributed by atoms with Crippen LogP contribution in [0, 0.1) is 12.7 Å². The average Bonchev–Trinajstić information content (AvgIpc) is 2.34. The summed E-state index contributed by atoms with van der Waals surface area (Å²) in [6, 6.07) is 2.60. The molecular formula is C13H18FN3O2. The molecule has 0 aliphatic heterocycles. The fraction of sp³-hybridized carbons (Fsp3) is 0.385. The zero-order valence-corrected chi connectivity index (χ0v) is 10.8. The van der Waals surface area contributed by atoms with Gasteiger partial charge in [0.1, 0.15) is 5.82 Å². The van der Waals surface area contributed by atoms with Crippen LogP contribution >= 0.6 is 0 Å². The molecule has 2 amide bonds. The molecule has 0 unspecified atom stereocenters. The van der Waals surface area contributed by atoms with Gasteiger partial charge >= 0.3 is 0 Å². The molecule has 0 atom stereocenters. The van der Waals surface area contributed by atoms with E-state index in [-0.39, 0.29) is 23.1 Å². The fourth-order valence-corrected chi connectivity index (χ4v) is 1.56. The highest BCUT2D eigenvalue weighted by atomic mass is 19.1. The van der Waals surface area contributed by atoms with Gasteiger partial charge in [-0.15, -0.1) is 0 Å². The van der Waals surface area contributed by atoms with E-state index >= 15 is 0 Å². The van der Waals surface area contributed by atoms with Crippen molar-refractivity contribution in [3.05, 3.63) is 29.1 Å². The maximum absolute atomic E-state index is 13.4. The number of benzene rings is 1. The van der Waals surface area contributed by atoms with Crippen LogP contribution in [-0.4, -0.2) is 18.4 Å². The molecule has 1 rings (SSSR count). The first kappa shape index (κ1) is 14.9. The Bertz CT molecular complexity index is 466. The van der Waals surface area contributed by atoms with Crippen molar-refractivity contribution in [2.24, 2.45) is 5.73 Å². The predicted octanol–water partition coefficient (Wildman–Crippen LogP) is 1.10. The van der Waals surface area contributed by atoms with Crippen molar-refractivity contribution in [3.63, 3.8) is 0 Å². The summed E-state index contributed by atoms with van der Waals surface area (Å²) in [5, 5.41) is 2.63. The number of nitrogens with two attached hydrogens (primary N) is 2. The van der Waals surface area contributed by atoms with Crippen molar-refractivity contribution >= 4 is 17.5 Å². The van der Waals surface area contributed by atoms with Crippen molar-refractivity contribution in [2.45, 2.75) is 26.2 Å². The lowest BCUT2D eigenvalue weighted by atomic mass is 10.1. The number of nitrogen functional groups attached to an aromatic ring is 1. The first-order valence-corrected chi connectivity index (χ1v) is 6.04. The average molecular weight is 267 g/mol. The maximum atomic E-state index is 13.4. The smallest absolute Gasteiger partial charge is 0.251 e. The van der Waals surface area contributed by atoms with E-state index in [0.29, 0.717) is 31.4 Å². The van der Waals surface area contributed by atoms with Crippen molar-refractivity contribution in [1.82, 2.24) is 5.32 Å². The van der Waals surface area contributed by atoms with Crippen LogP contribution in [0.4, 0.5) is 10.1 Å². The molecule has 1 aromatic carbocycles. The number of rotatable bonds is 6. The maximum Gasteiger partial charge on any atom is 0.251 e. The van der Waals surface area contributed by atoms with E-state index in [4.69, 9.17) is 11.5 Å². The SMILES string of the molecule is Cc1c(N)cc(C(=O)NCCCCC(N)=O)cc1F. The topological polar surface area (TPSA) is 98.2 Å². The Hall–Kier alpha value is -2.11. The van der Waals surface area contributed by atoms with Crippen molar-refractivity contribution < 1.29 is 14.0 Å². The Kier molecular flexibility index (Phi) is 5.29. The van der Waals surface area contributed by atoms with Crippen molar-refractivity contribution in [2.75, 3.05) is 12.3 Å². The third kappa shape index (κ3) is 4.57. The van der Waals surface area contributed by atoms with Gasteiger partial charge in [-0.1, -0.05) is 0 Å². The largest absolute Gasteiger partial charge is 0.398 e. The van der Waals surface area contributed by atoms with Crippen molar-refractivity contribution in [3.8, 4) is 0 Å². The highest BCUT2D eigenvalue weighted by Gasteiger charge is 2.10. The number of carbonyl (C=O) groups is 2. The third-order valence-corrected chi connectivity index (χ3v) is 2.78. The Labute approximate surface area is 111 Å². The molecule has 0 heterocycles. The molecular weight excluding hydrogens is 249 g/mol. The van der Waals surface area contributed by atoms with E-state index in [1.165, 1.54) is 6.07 Å². The van der Waals surface area contributed by atoms with Crippen LogP contribution in [0.5, 0.6) is 0 Å². The van der Waals surface area contributed by atoms with Crippen LogP contribution < -0.4 is 16.8 Å². The quantitative estimate of drug-likeness (QED) is 0.531. The van der Waals surface area contributed by atoms with Crippen LogP contribution in [-0.2, 0) is 4.79 Å². The number of carbonyl (C=O) groups excluding carboxylic acids is 2. The predicted molar refractivity (Wildman–Crippen MR) is 70.9 cm³/mol. The summed E-state index contributed by atoms with van der Waals surface area (Å²) in [5.74, 6) is -1.25. The van der Waals surface area contributed by atoms with Crippen molar-refractivity contribution in [1.29, 1.82) is 0 Å². The van der Waals surface area contributed by atoms with E-state index in [2.05, 4.69) is 5.32 Å². The van der Waals surface area contributed by atoms with Gasteiger partial charge in [0.2, 0.25) is 5.91 Å². The Morgan fingerprint density at radius 1 is 1.32 bits per heavy atom. The molecule has 19 heavy (non-hydrogen) atoms. The van der Waals surface area contributed by atoms with E-state index in [9.17, 15) is 14.0 Å². The van der Waals surface area contributed by atoms with E-state index in [1.807, 2.05) is 0 Å². The number of hydrogen-bond acceptors (Lipinski definition) is 3. The molecule has 5 N–H and O–H groups in total. The zero-order valence-electron chi connectivity index (χ0n) is 10.8. The standard InChI is InChI=1S/C13H18FN3O2/c1-8-10(14)6-9(7-11(8)15)13(19)17-5-3-2-4-12(16)18/h6-7H,2-5,15H2,1H3,(H2,16,18)(H,17,19). The first-order valence-electron chi connectivity index (χ1n) is 6.04. The highest BCUT2D eigenvalue weighted by Crippen LogP contribution is 2.17. The van der Waals surface area contributed by atoms with Gasteiger partial charge in [0.15, 0.2) is 0 Å². The second-order valence-electron chi connectivity index (χ2n) is 4.35. The minimum absolute atomic E-state index is 0.190. The van der Waals surface area contributed by atoms with E-state index in [0.717, 1.165) is 6.07 Å². The monoisotopic (exact) mass is 267 g/mol. The summed E-state index contributed by atoms with van der Waals surface area (Å²) >= 11 is 0. The molecule has 0 saturated carbocycles. The lowest BCUT2D eigenvalue weighted by Crippen LogP contribution is -2.25. The summed E-state index contributed by atoms with van der Waals surface area (Å²) in [6.07, 6.45) is 1.54. The van der Waals surface area contributed by atoms with Gasteiger partial charge in [0, 0.05) is 29.8 Å². The number of hydrogen-bond donors (Lipinski definition) is 3. The molecule has 0 aliphatic carbocycles. The first-order chi connectivity index (χ1) is 8.91. The molecule has 0 saturated heterocycles. The molecule has 5 nitrogen and oxygen atoms in total. The molecule has 6 heteroatoms. The summed E-state index contributed by atoms with van der Waals surface area (Å²) in [4.78, 5) is 22.2. The number of unbranched alkanes of at least 4 members (excludes halogenated alkanes) is 1. The third-order valence-electron chi connectivity index (χ3n) is 2.78. The van der Waals surface area contributed by atoms with Gasteiger partial charge in [0.25, 0.3) is 5.91 Å². The lowest BCUT2D eigenvalue weighted by Gasteiger charge is -2.08. The molecule has 1 aromatic rings. The summed E-state index contributed by atoms with van der Waals surface area (Å²) in [5.41, 5.74) is 11.4. The number of halogens is 1. The normalized spacial score (nSPS) is 10.2. The van der Waals surface area contributed by atoms with E-state index < -0.39 is 5.82 Å². The van der Waals surface area contributed by atoms with Crippen LogP contribution in [0.1, 0.15) is 35.2 Å². The van der Waals surface area contributed by atoms with Gasteiger partial charge in [-0.25, -0.2) is 4.39 Å². The van der Waals surface area contributed by atoms with Crippen LogP contribution in [0.3, 0.4) is 0 Å². The second-order valence-corrected chi connectivity index (χ2v) is 4.35. The Balaban J connectivity index is 2.48. The summed E-state index contributed by atoms with van der Waals surface area (Å²) < 4.78 is 13.4. The number of amides is 2. The van der Waals surface area contributed by atoms with Gasteiger partial charge in [-0.3, -0.25) is 9.59 Å². The number of nitrogens with one attached hydrogen (secondary N) is 1. The van der Waals surface area contributed by atoms with Crippen LogP contribution in [0.15, 0.2) is 12.1 Å². The second kappa shape index (κ2) is 6.72. The molecule has 0 aliphatic rings. The summed E-state index contributed by atoms with van der Waals surface area (Å²) in [7, 11) is 0. The fourth-order valence-electron chi connectivity index (χ4n) is 1.56. The van der Waals surface area contributed by atoms with Gasteiger partial charge in [-0.05, 0) is 31.9 Å². The Morgan fingerprint density at radius 2 is 2.00 bits per heavy atom. The molecule has 0 spiro atoms. The minimum atomic E-state index is -0.501. The summed E-state index contributed by atoms with van der Waals surface area (Å²) in [6.45, 7) is 1.96. The van der Waals surface area contributed by atoms with Crippen LogP contribution in [0.2, 0.25) is 0 Å². The molecule has 0 fully saturated rings. The minimum Gasteiger partial charge on any atom is -0.398 e. The van der Waals surface area contributed by atoms with Gasteiger partial charge in [-0.2, -0.15) is 0 Å². The molecule has 0 aromatic heterocycles. The van der Waals surface area contributed by atoms with Gasteiger partial charge < -0.3 is 16.8 Å². The zero-order chi connectivity index (χ0) is 14.4. The van der Waals surface area contributed by atoms with E-state index in [1.54, 1.807) is 6.92 Å². The number of primary amides is 1. The molecule has 104 valence electrons. The molecule has 0 bridgehead atoms. The highest BCUT2D eigenvalue weighted by molar-refractivity contribution is 5.95. The van der Waals surface area contributed by atoms with Crippen LogP contribution in [0.25, 0.3) is 0 Å². The number of anilines is 1. The molecule has 0 radical (unpaired) electrons. The van der Waals surface area contributed by atoms with Gasteiger partial charge in [0.05, 0.1) is 0 Å². The lowest BCUT2D eigenvalue weighted by molar-refractivity contribution is -0.118. The Morgan fingerprint density at radius 3 is 2.58 bits per heavy atom.